The smallest absolute Gasteiger partial charge is 0.248 e. The van der Waals surface area contributed by atoms with Crippen molar-refractivity contribution in [2.45, 2.75) is 56.4 Å². The van der Waals surface area contributed by atoms with Crippen molar-refractivity contribution in [3.05, 3.63) is 17.7 Å². The molecule has 1 amide bonds. The van der Waals surface area contributed by atoms with Crippen LogP contribution in [0.25, 0.3) is 6.08 Å². The summed E-state index contributed by atoms with van der Waals surface area (Å²) in [7, 11) is -0.0387. The van der Waals surface area contributed by atoms with E-state index < -0.39 is 10.0 Å². The minimum Gasteiger partial charge on any atom is -0.383 e. The maximum absolute atomic E-state index is 13.2. The minimum absolute atomic E-state index is 0.0692. The summed E-state index contributed by atoms with van der Waals surface area (Å²) in [4.78, 5) is 14.4. The zero-order chi connectivity index (χ0) is 20.3. The molecule has 0 aromatic carbocycles. The monoisotopic (exact) mass is 410 g/mol. The Kier molecular flexibility index (Phi) is 6.44. The van der Waals surface area contributed by atoms with Gasteiger partial charge < -0.3 is 14.7 Å². The number of nitrogens with one attached hydrogen (secondary N) is 1. The van der Waals surface area contributed by atoms with E-state index >= 15 is 0 Å². The largest absolute Gasteiger partial charge is 0.383 e. The molecule has 8 nitrogen and oxygen atoms in total. The molecule has 0 bridgehead atoms. The van der Waals surface area contributed by atoms with Gasteiger partial charge in [0.2, 0.25) is 15.9 Å². The summed E-state index contributed by atoms with van der Waals surface area (Å²) in [5.41, 5.74) is 0.347. The molecule has 0 atom stereocenters. The summed E-state index contributed by atoms with van der Waals surface area (Å²) in [6.45, 7) is 2.28. The summed E-state index contributed by atoms with van der Waals surface area (Å²) in [6.07, 6.45) is 8.84. The van der Waals surface area contributed by atoms with E-state index in [1.807, 2.05) is 14.1 Å². The van der Waals surface area contributed by atoms with Crippen LogP contribution in [0.4, 0.5) is 0 Å². The highest BCUT2D eigenvalue weighted by Gasteiger charge is 2.36. The van der Waals surface area contributed by atoms with Crippen LogP contribution in [0.3, 0.4) is 0 Å². The van der Waals surface area contributed by atoms with Crippen LogP contribution in [0.1, 0.15) is 50.0 Å². The first-order valence-electron chi connectivity index (χ1n) is 9.90. The van der Waals surface area contributed by atoms with Crippen molar-refractivity contribution in [1.29, 1.82) is 0 Å². The molecule has 0 radical (unpaired) electrons. The maximum atomic E-state index is 13.2. The highest BCUT2D eigenvalue weighted by atomic mass is 32.2. The minimum atomic E-state index is -3.72. The van der Waals surface area contributed by atoms with Crippen molar-refractivity contribution < 1.29 is 17.7 Å². The summed E-state index contributed by atoms with van der Waals surface area (Å²) in [5.74, 6) is 0.177. The van der Waals surface area contributed by atoms with Crippen molar-refractivity contribution in [3.8, 4) is 0 Å². The van der Waals surface area contributed by atoms with E-state index in [-0.39, 0.29) is 22.5 Å². The second-order valence-corrected chi connectivity index (χ2v) is 9.78. The van der Waals surface area contributed by atoms with Gasteiger partial charge in [-0.3, -0.25) is 4.79 Å². The molecule has 1 aromatic heterocycles. The van der Waals surface area contributed by atoms with E-state index in [1.165, 1.54) is 17.1 Å². The van der Waals surface area contributed by atoms with Gasteiger partial charge in [0.15, 0.2) is 10.7 Å². The standard InChI is InChI=1S/C19H30N4O4S/c1-14-18(17(27-21-14)10-11-22(2)3)28(25,26)23-12-8-15(9-13-23)19(24)20-16-6-4-5-7-16/h10-11,15-16H,4-9,12-13H2,1-3H3,(H,20,24). The molecule has 28 heavy (non-hydrogen) atoms. The Bertz CT molecular complexity index is 817. The van der Waals surface area contributed by atoms with E-state index in [0.29, 0.717) is 37.7 Å². The number of rotatable bonds is 6. The van der Waals surface area contributed by atoms with Crippen LogP contribution in [0.2, 0.25) is 0 Å². The molecule has 1 saturated heterocycles. The van der Waals surface area contributed by atoms with Gasteiger partial charge in [-0.15, -0.1) is 0 Å². The molecule has 0 unspecified atom stereocenters. The van der Waals surface area contributed by atoms with Gasteiger partial charge >= 0.3 is 0 Å². The molecule has 3 rings (SSSR count). The third kappa shape index (κ3) is 4.57. The summed E-state index contributed by atoms with van der Waals surface area (Å²) in [5, 5.41) is 6.97. The first-order valence-corrected chi connectivity index (χ1v) is 11.3. The zero-order valence-corrected chi connectivity index (χ0v) is 17.7. The van der Waals surface area contributed by atoms with Crippen molar-refractivity contribution >= 4 is 22.0 Å². The number of hydrogen-bond donors (Lipinski definition) is 1. The summed E-state index contributed by atoms with van der Waals surface area (Å²) < 4.78 is 33.0. The van der Waals surface area contributed by atoms with Gasteiger partial charge in [0.05, 0.1) is 0 Å². The molecule has 1 N–H and O–H groups in total. The van der Waals surface area contributed by atoms with Crippen molar-refractivity contribution in [2.75, 3.05) is 27.2 Å². The Morgan fingerprint density at radius 1 is 1.21 bits per heavy atom. The number of aromatic nitrogens is 1. The molecule has 1 aliphatic carbocycles. The van der Waals surface area contributed by atoms with E-state index in [1.54, 1.807) is 24.1 Å². The Morgan fingerprint density at radius 3 is 2.46 bits per heavy atom. The molecule has 2 heterocycles. The average Bonchev–Trinajstić information content (AvgIpc) is 3.29. The Morgan fingerprint density at radius 2 is 1.86 bits per heavy atom. The molecule has 0 spiro atoms. The van der Waals surface area contributed by atoms with Crippen molar-refractivity contribution in [1.82, 2.24) is 19.7 Å². The quantitative estimate of drug-likeness (QED) is 0.770. The number of amides is 1. The summed E-state index contributed by atoms with van der Waals surface area (Å²) in [6, 6.07) is 0.292. The molecular formula is C19H30N4O4S. The molecule has 1 aliphatic heterocycles. The number of carbonyl (C=O) groups is 1. The van der Waals surface area contributed by atoms with Crippen LogP contribution >= 0.6 is 0 Å². The van der Waals surface area contributed by atoms with Crippen LogP contribution < -0.4 is 5.32 Å². The topological polar surface area (TPSA) is 95.8 Å². The normalized spacial score (nSPS) is 20.1. The number of aryl methyl sites for hydroxylation is 1. The van der Waals surface area contributed by atoms with Crippen LogP contribution in [0.5, 0.6) is 0 Å². The third-order valence-corrected chi connectivity index (χ3v) is 7.54. The van der Waals surface area contributed by atoms with Gasteiger partial charge in [-0.25, -0.2) is 8.42 Å². The number of hydrogen-bond acceptors (Lipinski definition) is 6. The molecular weight excluding hydrogens is 380 g/mol. The molecule has 1 saturated carbocycles. The van der Waals surface area contributed by atoms with Gasteiger partial charge in [0, 0.05) is 51.4 Å². The predicted octanol–water partition coefficient (Wildman–Crippen LogP) is 1.97. The molecule has 156 valence electrons. The zero-order valence-electron chi connectivity index (χ0n) is 16.8. The molecule has 9 heteroatoms. The van der Waals surface area contributed by atoms with Gasteiger partial charge in [0.1, 0.15) is 5.69 Å². The number of carbonyl (C=O) groups excluding carboxylic acids is 1. The Hall–Kier alpha value is -1.87. The molecule has 2 fully saturated rings. The summed E-state index contributed by atoms with van der Waals surface area (Å²) >= 11 is 0. The first-order chi connectivity index (χ1) is 13.3. The number of piperidine rings is 1. The third-order valence-electron chi connectivity index (χ3n) is 5.48. The molecule has 2 aliphatic rings. The SMILES string of the molecule is Cc1noc(C=CN(C)C)c1S(=O)(=O)N1CCC(C(=O)NC2CCCC2)CC1. The van der Waals surface area contributed by atoms with Crippen LogP contribution in [-0.4, -0.2) is 61.9 Å². The highest BCUT2D eigenvalue weighted by molar-refractivity contribution is 7.89. The fourth-order valence-electron chi connectivity index (χ4n) is 3.89. The lowest BCUT2D eigenvalue weighted by Crippen LogP contribution is -2.45. The van der Waals surface area contributed by atoms with Crippen LogP contribution in [0, 0.1) is 12.8 Å². The second kappa shape index (κ2) is 8.65. The van der Waals surface area contributed by atoms with E-state index in [0.717, 1.165) is 12.8 Å². The Balaban J connectivity index is 1.66. The lowest BCUT2D eigenvalue weighted by Gasteiger charge is -2.31. The van der Waals surface area contributed by atoms with E-state index in [2.05, 4.69) is 10.5 Å². The van der Waals surface area contributed by atoms with Gasteiger partial charge in [-0.05, 0) is 32.6 Å². The highest BCUT2D eigenvalue weighted by Crippen LogP contribution is 2.29. The lowest BCUT2D eigenvalue weighted by atomic mass is 9.97. The Labute approximate surface area is 167 Å². The number of sulfonamides is 1. The number of nitrogens with zero attached hydrogens (tertiary/aromatic N) is 3. The maximum Gasteiger partial charge on any atom is 0.248 e. The predicted molar refractivity (Wildman–Crippen MR) is 106 cm³/mol. The van der Waals surface area contributed by atoms with Gasteiger partial charge in [-0.1, -0.05) is 18.0 Å². The van der Waals surface area contributed by atoms with Crippen molar-refractivity contribution in [2.24, 2.45) is 5.92 Å². The van der Waals surface area contributed by atoms with E-state index in [9.17, 15) is 13.2 Å². The van der Waals surface area contributed by atoms with Crippen molar-refractivity contribution in [3.63, 3.8) is 0 Å². The second-order valence-electron chi connectivity index (χ2n) is 7.91. The van der Waals surface area contributed by atoms with Crippen LogP contribution in [0.15, 0.2) is 15.6 Å². The van der Waals surface area contributed by atoms with Crippen LogP contribution in [-0.2, 0) is 14.8 Å². The van der Waals surface area contributed by atoms with Gasteiger partial charge in [-0.2, -0.15) is 4.31 Å². The molecule has 1 aromatic rings. The first kappa shape index (κ1) is 20.9. The van der Waals surface area contributed by atoms with E-state index in [4.69, 9.17) is 4.52 Å². The van der Waals surface area contributed by atoms with Gasteiger partial charge in [0.25, 0.3) is 0 Å². The fourth-order valence-corrected chi connectivity index (χ4v) is 5.61. The fraction of sp³-hybridized carbons (Fsp3) is 0.684. The average molecular weight is 411 g/mol. The lowest BCUT2D eigenvalue weighted by molar-refractivity contribution is -0.126.